The Morgan fingerprint density at radius 1 is 0.833 bits per heavy atom. The first kappa shape index (κ1) is 27.9. The van der Waals surface area contributed by atoms with Gasteiger partial charge in [-0.2, -0.15) is 5.26 Å². The van der Waals surface area contributed by atoms with Crippen molar-refractivity contribution in [2.45, 2.75) is 13.5 Å². The molecule has 0 aliphatic rings. The lowest BCUT2D eigenvalue weighted by atomic mass is 10.0. The SMILES string of the molecule is CCOC(=O)c1ccc(-n2c(-c3ccccc3)cc(/C=C(\C#N)C(=O)NCc3ccccc3)c2-c2ccccc2)cc1. The van der Waals surface area contributed by atoms with E-state index in [0.29, 0.717) is 24.3 Å². The van der Waals surface area contributed by atoms with Crippen LogP contribution in [0.4, 0.5) is 0 Å². The van der Waals surface area contributed by atoms with E-state index in [-0.39, 0.29) is 11.5 Å². The summed E-state index contributed by atoms with van der Waals surface area (Å²) in [6.45, 7) is 2.38. The zero-order valence-corrected chi connectivity index (χ0v) is 23.2. The molecular formula is C36H29N3O3. The zero-order chi connectivity index (χ0) is 29.3. The number of benzene rings is 4. The summed E-state index contributed by atoms with van der Waals surface area (Å²) in [6.07, 6.45) is 1.64. The Bertz CT molecular complexity index is 1750. The van der Waals surface area contributed by atoms with Gasteiger partial charge in [-0.25, -0.2) is 4.79 Å². The van der Waals surface area contributed by atoms with Gasteiger partial charge in [-0.3, -0.25) is 4.79 Å². The second kappa shape index (κ2) is 13.1. The fraction of sp³-hybridized carbons (Fsp3) is 0.0833. The van der Waals surface area contributed by atoms with Crippen LogP contribution in [0, 0.1) is 11.3 Å². The molecule has 5 rings (SSSR count). The number of aromatic nitrogens is 1. The number of ether oxygens (including phenoxy) is 1. The average Bonchev–Trinajstić information content (AvgIpc) is 3.43. The van der Waals surface area contributed by atoms with Gasteiger partial charge in [-0.05, 0) is 60.0 Å². The number of carbonyl (C=O) groups is 2. The van der Waals surface area contributed by atoms with E-state index in [1.807, 2.05) is 109 Å². The van der Waals surface area contributed by atoms with Crippen molar-refractivity contribution in [3.8, 4) is 34.3 Å². The third-order valence-electron chi connectivity index (χ3n) is 6.74. The minimum atomic E-state index is -0.451. The first-order valence-electron chi connectivity index (χ1n) is 13.7. The molecule has 0 bridgehead atoms. The van der Waals surface area contributed by atoms with Crippen LogP contribution in [0.3, 0.4) is 0 Å². The minimum absolute atomic E-state index is 0.00228. The van der Waals surface area contributed by atoms with Crippen LogP contribution in [-0.2, 0) is 16.1 Å². The first-order valence-corrected chi connectivity index (χ1v) is 13.7. The Balaban J connectivity index is 1.66. The minimum Gasteiger partial charge on any atom is -0.462 e. The van der Waals surface area contributed by atoms with Crippen LogP contribution in [0.2, 0.25) is 0 Å². The van der Waals surface area contributed by atoms with E-state index in [0.717, 1.165) is 33.8 Å². The van der Waals surface area contributed by atoms with Crippen LogP contribution >= 0.6 is 0 Å². The number of hydrogen-bond acceptors (Lipinski definition) is 4. The summed E-state index contributed by atoms with van der Waals surface area (Å²) in [5, 5.41) is 12.9. The van der Waals surface area contributed by atoms with Crippen LogP contribution in [0.1, 0.15) is 28.4 Å². The second-order valence-corrected chi connectivity index (χ2v) is 9.51. The maximum absolute atomic E-state index is 13.1. The summed E-state index contributed by atoms with van der Waals surface area (Å²) in [5.74, 6) is -0.833. The van der Waals surface area contributed by atoms with Crippen LogP contribution < -0.4 is 5.32 Å². The number of esters is 1. The first-order chi connectivity index (χ1) is 20.6. The number of rotatable bonds is 9. The highest BCUT2D eigenvalue weighted by Crippen LogP contribution is 2.37. The van der Waals surface area contributed by atoms with Crippen molar-refractivity contribution in [2.24, 2.45) is 0 Å². The second-order valence-electron chi connectivity index (χ2n) is 9.51. The van der Waals surface area contributed by atoms with Gasteiger partial charge >= 0.3 is 5.97 Å². The van der Waals surface area contributed by atoms with Gasteiger partial charge in [0.15, 0.2) is 0 Å². The molecule has 5 aromatic rings. The van der Waals surface area contributed by atoms with E-state index in [1.54, 1.807) is 25.1 Å². The lowest BCUT2D eigenvalue weighted by molar-refractivity contribution is -0.117. The van der Waals surface area contributed by atoms with Crippen molar-refractivity contribution in [3.05, 3.63) is 144 Å². The molecule has 4 aromatic carbocycles. The van der Waals surface area contributed by atoms with Crippen molar-refractivity contribution in [1.82, 2.24) is 9.88 Å². The molecule has 1 amide bonds. The van der Waals surface area contributed by atoms with Crippen molar-refractivity contribution in [1.29, 1.82) is 5.26 Å². The van der Waals surface area contributed by atoms with E-state index in [9.17, 15) is 14.9 Å². The molecule has 0 spiro atoms. The number of amides is 1. The highest BCUT2D eigenvalue weighted by atomic mass is 16.5. The number of nitrogens with one attached hydrogen (secondary N) is 1. The number of carbonyl (C=O) groups excluding carboxylic acids is 2. The number of hydrogen-bond donors (Lipinski definition) is 1. The monoisotopic (exact) mass is 551 g/mol. The van der Waals surface area contributed by atoms with Gasteiger partial charge in [0.1, 0.15) is 11.6 Å². The van der Waals surface area contributed by atoms with Crippen molar-refractivity contribution in [3.63, 3.8) is 0 Å². The normalized spacial score (nSPS) is 11.0. The predicted molar refractivity (Wildman–Crippen MR) is 164 cm³/mol. The highest BCUT2D eigenvalue weighted by molar-refractivity contribution is 6.03. The molecule has 0 atom stereocenters. The van der Waals surface area contributed by atoms with Gasteiger partial charge in [-0.15, -0.1) is 0 Å². The predicted octanol–water partition coefficient (Wildman–Crippen LogP) is 7.21. The molecule has 0 aliphatic heterocycles. The summed E-state index contributed by atoms with van der Waals surface area (Å²) in [5.41, 5.74) is 6.45. The molecule has 6 nitrogen and oxygen atoms in total. The van der Waals surface area contributed by atoms with Crippen molar-refractivity contribution in [2.75, 3.05) is 6.61 Å². The Morgan fingerprint density at radius 2 is 1.43 bits per heavy atom. The van der Waals surface area contributed by atoms with Crippen LogP contribution in [-0.4, -0.2) is 23.1 Å². The zero-order valence-electron chi connectivity index (χ0n) is 23.2. The summed E-state index contributed by atoms with van der Waals surface area (Å²) < 4.78 is 7.25. The molecule has 6 heteroatoms. The van der Waals surface area contributed by atoms with Gasteiger partial charge in [0.25, 0.3) is 5.91 Å². The smallest absolute Gasteiger partial charge is 0.338 e. The van der Waals surface area contributed by atoms with E-state index in [1.165, 1.54) is 0 Å². The van der Waals surface area contributed by atoms with Crippen LogP contribution in [0.15, 0.2) is 127 Å². The summed E-state index contributed by atoms with van der Waals surface area (Å²) >= 11 is 0. The van der Waals surface area contributed by atoms with Crippen LogP contribution in [0.5, 0.6) is 0 Å². The maximum atomic E-state index is 13.1. The van der Waals surface area contributed by atoms with E-state index >= 15 is 0 Å². The molecule has 206 valence electrons. The number of nitriles is 1. The third-order valence-corrected chi connectivity index (χ3v) is 6.74. The van der Waals surface area contributed by atoms with Crippen molar-refractivity contribution < 1.29 is 14.3 Å². The van der Waals surface area contributed by atoms with E-state index in [2.05, 4.69) is 16.0 Å². The fourth-order valence-corrected chi connectivity index (χ4v) is 4.76. The summed E-state index contributed by atoms with van der Waals surface area (Å²) in [4.78, 5) is 25.5. The van der Waals surface area contributed by atoms with Gasteiger partial charge in [0.2, 0.25) is 0 Å². The lowest BCUT2D eigenvalue weighted by Gasteiger charge is -2.15. The molecule has 0 fully saturated rings. The molecule has 1 aromatic heterocycles. The van der Waals surface area contributed by atoms with Gasteiger partial charge < -0.3 is 14.6 Å². The van der Waals surface area contributed by atoms with Crippen molar-refractivity contribution >= 4 is 18.0 Å². The van der Waals surface area contributed by atoms with Crippen LogP contribution in [0.25, 0.3) is 34.3 Å². The topological polar surface area (TPSA) is 84.1 Å². The molecule has 0 radical (unpaired) electrons. The Kier molecular flexibility index (Phi) is 8.71. The van der Waals surface area contributed by atoms with E-state index < -0.39 is 5.91 Å². The Hall–Kier alpha value is -5.67. The summed E-state index contributed by atoms with van der Waals surface area (Å²) in [7, 11) is 0. The fourth-order valence-electron chi connectivity index (χ4n) is 4.76. The molecule has 0 saturated carbocycles. The molecule has 0 saturated heterocycles. The molecule has 0 unspecified atom stereocenters. The third kappa shape index (κ3) is 6.22. The standard InChI is InChI=1S/C36H29N3O3/c1-2-42-36(41)29-18-20-32(21-19-29)39-33(27-14-8-4-9-15-27)23-30(34(39)28-16-10-5-11-17-28)22-31(24-37)35(40)38-25-26-12-6-3-7-13-26/h3-23H,2,25H2,1H3,(H,38,40)/b31-22+. The maximum Gasteiger partial charge on any atom is 0.338 e. The van der Waals surface area contributed by atoms with Gasteiger partial charge in [0, 0.05) is 17.8 Å². The van der Waals surface area contributed by atoms with Gasteiger partial charge in [0.05, 0.1) is 23.6 Å². The molecule has 1 N–H and O–H groups in total. The number of nitrogens with zero attached hydrogens (tertiary/aromatic N) is 2. The Morgan fingerprint density at radius 3 is 2.02 bits per heavy atom. The summed E-state index contributed by atoms with van der Waals surface area (Å²) in [6, 6.07) is 40.6. The average molecular weight is 552 g/mol. The molecule has 42 heavy (non-hydrogen) atoms. The van der Waals surface area contributed by atoms with Gasteiger partial charge in [-0.1, -0.05) is 91.0 Å². The molecule has 0 aliphatic carbocycles. The lowest BCUT2D eigenvalue weighted by Crippen LogP contribution is -2.23. The van der Waals surface area contributed by atoms with E-state index in [4.69, 9.17) is 4.74 Å². The largest absolute Gasteiger partial charge is 0.462 e. The molecular weight excluding hydrogens is 522 g/mol. The highest BCUT2D eigenvalue weighted by Gasteiger charge is 2.21. The quantitative estimate of drug-likeness (QED) is 0.119. The molecule has 1 heterocycles. The Labute approximate surface area is 245 Å².